The third kappa shape index (κ3) is 2.61. The van der Waals surface area contributed by atoms with Gasteiger partial charge in [0.05, 0.1) is 16.6 Å². The van der Waals surface area contributed by atoms with E-state index in [1.54, 1.807) is 18.3 Å². The van der Waals surface area contributed by atoms with Crippen LogP contribution in [0.3, 0.4) is 0 Å². The summed E-state index contributed by atoms with van der Waals surface area (Å²) in [5, 5.41) is 11.4. The number of hydrogen-bond acceptors (Lipinski definition) is 2. The number of halogens is 1. The van der Waals surface area contributed by atoms with Crippen LogP contribution in [0.2, 0.25) is 5.02 Å². The number of nitrogens with zero attached hydrogens (tertiary/aromatic N) is 1. The maximum absolute atomic E-state index is 9.83. The Morgan fingerprint density at radius 2 is 2.06 bits per heavy atom. The maximum Gasteiger partial charge on any atom is 0.198 e. The first-order valence-corrected chi connectivity index (χ1v) is 5.80. The minimum Gasteiger partial charge on any atom is -0.494 e. The third-order valence-corrected chi connectivity index (χ3v) is 2.60. The van der Waals surface area contributed by atoms with Gasteiger partial charge in [-0.2, -0.15) is 0 Å². The monoisotopic (exact) mass is 250 g/mol. The molecule has 1 aromatic carbocycles. The Balaban J connectivity index is 2.54. The lowest BCUT2D eigenvalue weighted by Crippen LogP contribution is -2.09. The second-order valence-corrected chi connectivity index (χ2v) is 5.44. The molecular weight excluding hydrogens is 236 g/mol. The molecule has 1 aromatic heterocycles. The zero-order valence-corrected chi connectivity index (χ0v) is 10.8. The van der Waals surface area contributed by atoms with Crippen LogP contribution in [0, 0.1) is 0 Å². The Bertz CT molecular complexity index is 579. The molecule has 1 heterocycles. The van der Waals surface area contributed by atoms with Gasteiger partial charge in [0.1, 0.15) is 0 Å². The smallest absolute Gasteiger partial charge is 0.198 e. The van der Waals surface area contributed by atoms with Gasteiger partial charge < -0.3 is 10.1 Å². The molecule has 0 radical (unpaired) electrons. The van der Waals surface area contributed by atoms with Crippen LogP contribution < -0.4 is 0 Å². The summed E-state index contributed by atoms with van der Waals surface area (Å²) in [5.74, 6) is 0.121. The zero-order chi connectivity index (χ0) is 12.6. The molecule has 0 unspecified atom stereocenters. The van der Waals surface area contributed by atoms with Gasteiger partial charge in [-0.25, -0.2) is 0 Å². The number of H-pyrrole nitrogens is 1. The van der Waals surface area contributed by atoms with Crippen molar-refractivity contribution >= 4 is 28.7 Å². The maximum atomic E-state index is 9.83. The normalized spacial score (nSPS) is 12.7. The summed E-state index contributed by atoms with van der Waals surface area (Å²) in [4.78, 5) is 7.28. The predicted molar refractivity (Wildman–Crippen MR) is 72.3 cm³/mol. The number of nitrogens with one attached hydrogen (secondary N) is 1. The fourth-order valence-corrected chi connectivity index (χ4v) is 1.74. The van der Waals surface area contributed by atoms with E-state index >= 15 is 0 Å². The summed E-state index contributed by atoms with van der Waals surface area (Å²) in [6.45, 7) is 6.02. The van der Waals surface area contributed by atoms with E-state index in [-0.39, 0.29) is 11.4 Å². The van der Waals surface area contributed by atoms with E-state index in [1.807, 2.05) is 26.8 Å². The molecule has 0 saturated heterocycles. The lowest BCUT2D eigenvalue weighted by atomic mass is 10.1. The molecule has 3 nitrogen and oxygen atoms in total. The quantitative estimate of drug-likeness (QED) is 0.744. The van der Waals surface area contributed by atoms with Crippen molar-refractivity contribution in [2.24, 2.45) is 4.99 Å². The summed E-state index contributed by atoms with van der Waals surface area (Å²) >= 11 is 5.89. The van der Waals surface area contributed by atoms with E-state index in [4.69, 9.17) is 11.6 Å². The molecule has 2 aromatic rings. The van der Waals surface area contributed by atoms with Gasteiger partial charge in [-0.1, -0.05) is 17.7 Å². The van der Waals surface area contributed by atoms with Crippen LogP contribution in [-0.4, -0.2) is 21.8 Å². The highest BCUT2D eigenvalue weighted by molar-refractivity contribution is 6.31. The first-order valence-electron chi connectivity index (χ1n) is 5.42. The fourth-order valence-electron chi connectivity index (χ4n) is 1.57. The largest absolute Gasteiger partial charge is 0.494 e. The van der Waals surface area contributed by atoms with E-state index in [9.17, 15) is 5.11 Å². The predicted octanol–water partition coefficient (Wildman–Crippen LogP) is 3.74. The number of fused-ring (bicyclic) bond motifs is 1. The van der Waals surface area contributed by atoms with Crippen molar-refractivity contribution in [2.45, 2.75) is 26.3 Å². The first kappa shape index (κ1) is 12.0. The molecule has 2 rings (SSSR count). The Morgan fingerprint density at radius 3 is 2.71 bits per heavy atom. The number of benzene rings is 1. The molecule has 0 spiro atoms. The molecule has 4 heteroatoms. The average molecular weight is 251 g/mol. The number of aliphatic imine (C=N–C) groups is 1. The van der Waals surface area contributed by atoms with Gasteiger partial charge in [-0.15, -0.1) is 0 Å². The Morgan fingerprint density at radius 1 is 1.35 bits per heavy atom. The van der Waals surface area contributed by atoms with Crippen molar-refractivity contribution in [3.05, 3.63) is 28.8 Å². The van der Waals surface area contributed by atoms with Crippen molar-refractivity contribution in [1.82, 2.24) is 4.98 Å². The van der Waals surface area contributed by atoms with Gasteiger partial charge in [0.2, 0.25) is 0 Å². The summed E-state index contributed by atoms with van der Waals surface area (Å²) in [6, 6.07) is 5.45. The molecule has 0 amide bonds. The second-order valence-electron chi connectivity index (χ2n) is 5.01. The molecule has 0 aliphatic rings. The van der Waals surface area contributed by atoms with Crippen LogP contribution in [-0.2, 0) is 0 Å². The van der Waals surface area contributed by atoms with Crippen LogP contribution in [0.5, 0.6) is 5.88 Å². The van der Waals surface area contributed by atoms with E-state index in [0.29, 0.717) is 10.6 Å². The van der Waals surface area contributed by atoms with Gasteiger partial charge in [0, 0.05) is 16.6 Å². The van der Waals surface area contributed by atoms with E-state index in [1.165, 1.54) is 0 Å². The molecule has 90 valence electrons. The number of aromatic nitrogens is 1. The minimum absolute atomic E-state index is 0.121. The van der Waals surface area contributed by atoms with Crippen LogP contribution in [0.1, 0.15) is 26.3 Å². The Labute approximate surface area is 105 Å². The highest BCUT2D eigenvalue weighted by Gasteiger charge is 2.11. The number of aromatic amines is 1. The van der Waals surface area contributed by atoms with Crippen LogP contribution in [0.4, 0.5) is 0 Å². The SMILES string of the molecule is CC(C)(C)N=Cc1c(O)[nH]c2cc(Cl)ccc12. The second kappa shape index (κ2) is 4.08. The topological polar surface area (TPSA) is 48.4 Å². The lowest BCUT2D eigenvalue weighted by molar-refractivity contribution is 0.457. The summed E-state index contributed by atoms with van der Waals surface area (Å²) in [7, 11) is 0. The molecule has 0 fully saturated rings. The van der Waals surface area contributed by atoms with Crippen molar-refractivity contribution in [3.63, 3.8) is 0 Å². The van der Waals surface area contributed by atoms with Crippen molar-refractivity contribution in [2.75, 3.05) is 0 Å². The fraction of sp³-hybridized carbons (Fsp3) is 0.308. The molecule has 0 bridgehead atoms. The summed E-state index contributed by atoms with van der Waals surface area (Å²) in [6.07, 6.45) is 1.70. The molecule has 0 aliphatic heterocycles. The molecule has 0 atom stereocenters. The highest BCUT2D eigenvalue weighted by Crippen LogP contribution is 2.28. The zero-order valence-electron chi connectivity index (χ0n) is 10.1. The van der Waals surface area contributed by atoms with Gasteiger partial charge >= 0.3 is 0 Å². The number of rotatable bonds is 1. The van der Waals surface area contributed by atoms with Gasteiger partial charge in [0.25, 0.3) is 0 Å². The number of aromatic hydroxyl groups is 1. The van der Waals surface area contributed by atoms with Gasteiger partial charge in [0.15, 0.2) is 5.88 Å². The third-order valence-electron chi connectivity index (χ3n) is 2.36. The Kier molecular flexibility index (Phi) is 2.87. The lowest BCUT2D eigenvalue weighted by Gasteiger charge is -2.10. The van der Waals surface area contributed by atoms with Gasteiger partial charge in [-0.05, 0) is 32.9 Å². The van der Waals surface area contributed by atoms with E-state index in [0.717, 1.165) is 10.9 Å². The molecule has 0 saturated carbocycles. The Hall–Kier alpha value is -1.48. The molecule has 0 aliphatic carbocycles. The van der Waals surface area contributed by atoms with Crippen LogP contribution >= 0.6 is 11.6 Å². The summed E-state index contributed by atoms with van der Waals surface area (Å²) in [5.41, 5.74) is 1.35. The molecule has 2 N–H and O–H groups in total. The number of hydrogen-bond donors (Lipinski definition) is 2. The average Bonchev–Trinajstić information content (AvgIpc) is 2.48. The minimum atomic E-state index is -0.164. The summed E-state index contributed by atoms with van der Waals surface area (Å²) < 4.78 is 0. The van der Waals surface area contributed by atoms with E-state index in [2.05, 4.69) is 9.98 Å². The molecule has 17 heavy (non-hydrogen) atoms. The molecular formula is C13H15ClN2O. The van der Waals surface area contributed by atoms with E-state index < -0.39 is 0 Å². The van der Waals surface area contributed by atoms with Crippen molar-refractivity contribution in [1.29, 1.82) is 0 Å². The first-order chi connectivity index (χ1) is 7.87. The van der Waals surface area contributed by atoms with Gasteiger partial charge in [-0.3, -0.25) is 4.99 Å². The van der Waals surface area contributed by atoms with Crippen molar-refractivity contribution in [3.8, 4) is 5.88 Å². The standard InChI is InChI=1S/C13H15ClN2O/c1-13(2,3)15-7-10-9-5-4-8(14)6-11(9)16-12(10)17/h4-7,16-17H,1-3H3. The highest BCUT2D eigenvalue weighted by atomic mass is 35.5. The van der Waals surface area contributed by atoms with Crippen LogP contribution in [0.25, 0.3) is 10.9 Å². The van der Waals surface area contributed by atoms with Crippen molar-refractivity contribution < 1.29 is 5.11 Å². The van der Waals surface area contributed by atoms with Crippen LogP contribution in [0.15, 0.2) is 23.2 Å².